The molecule has 11 heavy (non-hydrogen) atoms. The predicted octanol–water partition coefficient (Wildman–Crippen LogP) is 2.64. The minimum atomic E-state index is -0.656. The van der Waals surface area contributed by atoms with Crippen molar-refractivity contribution in [2.24, 2.45) is 5.73 Å². The Morgan fingerprint density at radius 1 is 1.18 bits per heavy atom. The van der Waals surface area contributed by atoms with Gasteiger partial charge in [-0.25, -0.2) is 4.39 Å². The molecule has 0 spiro atoms. The molecule has 0 aliphatic carbocycles. The van der Waals surface area contributed by atoms with Crippen LogP contribution in [-0.4, -0.2) is 12.7 Å². The lowest BCUT2D eigenvalue weighted by Gasteiger charge is -2.04. The van der Waals surface area contributed by atoms with Gasteiger partial charge in [-0.2, -0.15) is 0 Å². The van der Waals surface area contributed by atoms with Crippen LogP contribution in [-0.2, 0) is 0 Å². The second kappa shape index (κ2) is 7.99. The molecule has 2 N–H and O–H groups in total. The Hall–Kier alpha value is -0.110. The molecule has 0 aromatic carbocycles. The number of unbranched alkanes of at least 4 members (excludes halogenated alkanes) is 3. The fourth-order valence-corrected chi connectivity index (χ4v) is 1.12. The Labute approximate surface area is 69.2 Å². The number of nitrogens with two attached hydrogens (primary N) is 1. The molecule has 0 aliphatic rings. The highest BCUT2D eigenvalue weighted by Crippen LogP contribution is 2.09. The van der Waals surface area contributed by atoms with Gasteiger partial charge in [0, 0.05) is 0 Å². The monoisotopic (exact) mass is 161 g/mol. The predicted molar refractivity (Wildman–Crippen MR) is 47.3 cm³/mol. The summed E-state index contributed by atoms with van der Waals surface area (Å²) in [6.07, 6.45) is 5.22. The van der Waals surface area contributed by atoms with Crippen LogP contribution in [0.15, 0.2) is 0 Å². The molecular weight excluding hydrogens is 141 g/mol. The minimum Gasteiger partial charge on any atom is -0.330 e. The van der Waals surface area contributed by atoms with E-state index < -0.39 is 6.17 Å². The summed E-state index contributed by atoms with van der Waals surface area (Å²) in [7, 11) is 0. The van der Waals surface area contributed by atoms with Crippen LogP contribution < -0.4 is 5.73 Å². The summed E-state index contributed by atoms with van der Waals surface area (Å²) in [6.45, 7) is 2.64. The summed E-state index contributed by atoms with van der Waals surface area (Å²) < 4.78 is 12.8. The van der Waals surface area contributed by atoms with Crippen molar-refractivity contribution in [3.05, 3.63) is 0 Å². The van der Waals surface area contributed by atoms with Gasteiger partial charge < -0.3 is 5.73 Å². The van der Waals surface area contributed by atoms with Crippen molar-refractivity contribution in [1.82, 2.24) is 0 Å². The van der Waals surface area contributed by atoms with Crippen LogP contribution in [0.2, 0.25) is 0 Å². The molecule has 0 aromatic heterocycles. The Bertz CT molecular complexity index is 76.0. The SMILES string of the molecule is CCCCCCC(F)CCN. The normalized spacial score (nSPS) is 13.4. The van der Waals surface area contributed by atoms with E-state index in [9.17, 15) is 4.39 Å². The first-order valence-electron chi connectivity index (χ1n) is 4.65. The summed E-state index contributed by atoms with van der Waals surface area (Å²) in [4.78, 5) is 0. The van der Waals surface area contributed by atoms with Gasteiger partial charge in [0.05, 0.1) is 0 Å². The van der Waals surface area contributed by atoms with E-state index in [2.05, 4.69) is 6.92 Å². The van der Waals surface area contributed by atoms with Gasteiger partial charge in [-0.15, -0.1) is 0 Å². The van der Waals surface area contributed by atoms with Crippen molar-refractivity contribution in [1.29, 1.82) is 0 Å². The van der Waals surface area contributed by atoms with Crippen molar-refractivity contribution >= 4 is 0 Å². The molecule has 1 nitrogen and oxygen atoms in total. The van der Waals surface area contributed by atoms with Gasteiger partial charge >= 0.3 is 0 Å². The van der Waals surface area contributed by atoms with E-state index in [1.54, 1.807) is 0 Å². The third-order valence-corrected chi connectivity index (χ3v) is 1.85. The van der Waals surface area contributed by atoms with Crippen LogP contribution in [0, 0.1) is 0 Å². The van der Waals surface area contributed by atoms with Crippen molar-refractivity contribution in [2.75, 3.05) is 6.54 Å². The van der Waals surface area contributed by atoms with Crippen molar-refractivity contribution in [2.45, 2.75) is 51.6 Å². The fraction of sp³-hybridized carbons (Fsp3) is 1.00. The molecule has 0 amide bonds. The summed E-state index contributed by atoms with van der Waals surface area (Å²) in [5.74, 6) is 0. The second-order valence-electron chi connectivity index (χ2n) is 3.02. The fourth-order valence-electron chi connectivity index (χ4n) is 1.12. The Morgan fingerprint density at radius 2 is 1.91 bits per heavy atom. The number of alkyl halides is 1. The molecule has 0 aliphatic heterocycles. The minimum absolute atomic E-state index is 0.481. The maximum Gasteiger partial charge on any atom is 0.101 e. The smallest absolute Gasteiger partial charge is 0.101 e. The van der Waals surface area contributed by atoms with Crippen LogP contribution in [0.5, 0.6) is 0 Å². The molecule has 0 bridgehead atoms. The average Bonchev–Trinajstić information content (AvgIpc) is 1.99. The zero-order valence-corrected chi connectivity index (χ0v) is 7.48. The lowest BCUT2D eigenvalue weighted by molar-refractivity contribution is 0.291. The Kier molecular flexibility index (Phi) is 7.91. The van der Waals surface area contributed by atoms with E-state index in [0.29, 0.717) is 19.4 Å². The largest absolute Gasteiger partial charge is 0.330 e. The lowest BCUT2D eigenvalue weighted by atomic mass is 10.1. The van der Waals surface area contributed by atoms with Gasteiger partial charge in [-0.05, 0) is 19.4 Å². The highest BCUT2D eigenvalue weighted by Gasteiger charge is 2.03. The lowest BCUT2D eigenvalue weighted by Crippen LogP contribution is -2.08. The van der Waals surface area contributed by atoms with Gasteiger partial charge in [0.25, 0.3) is 0 Å². The molecule has 0 fully saturated rings. The van der Waals surface area contributed by atoms with Crippen LogP contribution in [0.1, 0.15) is 45.4 Å². The quantitative estimate of drug-likeness (QED) is 0.571. The van der Waals surface area contributed by atoms with E-state index >= 15 is 0 Å². The highest BCUT2D eigenvalue weighted by molar-refractivity contribution is 4.56. The molecule has 1 unspecified atom stereocenters. The molecule has 68 valence electrons. The maximum atomic E-state index is 12.8. The molecule has 0 rings (SSSR count). The number of halogens is 1. The Morgan fingerprint density at radius 3 is 2.45 bits per heavy atom. The number of rotatable bonds is 7. The third-order valence-electron chi connectivity index (χ3n) is 1.85. The maximum absolute atomic E-state index is 12.8. The molecule has 1 atom stereocenters. The van der Waals surface area contributed by atoms with E-state index in [0.717, 1.165) is 6.42 Å². The summed E-state index contributed by atoms with van der Waals surface area (Å²) in [5, 5.41) is 0. The van der Waals surface area contributed by atoms with Crippen molar-refractivity contribution in [3.8, 4) is 0 Å². The molecular formula is C9H20FN. The van der Waals surface area contributed by atoms with Crippen LogP contribution in [0.25, 0.3) is 0 Å². The zero-order chi connectivity index (χ0) is 8.53. The molecule has 0 radical (unpaired) electrons. The van der Waals surface area contributed by atoms with E-state index in [1.165, 1.54) is 19.3 Å². The summed E-state index contributed by atoms with van der Waals surface area (Å²) >= 11 is 0. The van der Waals surface area contributed by atoms with Gasteiger partial charge in [0.1, 0.15) is 6.17 Å². The molecule has 0 saturated carbocycles. The van der Waals surface area contributed by atoms with Gasteiger partial charge in [0.2, 0.25) is 0 Å². The first-order valence-corrected chi connectivity index (χ1v) is 4.65. The second-order valence-corrected chi connectivity index (χ2v) is 3.02. The zero-order valence-electron chi connectivity index (χ0n) is 7.48. The van der Waals surface area contributed by atoms with E-state index in [-0.39, 0.29) is 0 Å². The van der Waals surface area contributed by atoms with E-state index in [4.69, 9.17) is 5.73 Å². The number of hydrogen-bond donors (Lipinski definition) is 1. The van der Waals surface area contributed by atoms with Gasteiger partial charge in [0.15, 0.2) is 0 Å². The molecule has 2 heteroatoms. The number of hydrogen-bond acceptors (Lipinski definition) is 1. The van der Waals surface area contributed by atoms with Crippen molar-refractivity contribution < 1.29 is 4.39 Å². The third kappa shape index (κ3) is 7.79. The summed E-state index contributed by atoms with van der Waals surface area (Å²) in [6, 6.07) is 0. The first-order chi connectivity index (χ1) is 5.31. The average molecular weight is 161 g/mol. The topological polar surface area (TPSA) is 26.0 Å². The summed E-state index contributed by atoms with van der Waals surface area (Å²) in [5.41, 5.74) is 5.22. The molecule has 0 saturated heterocycles. The van der Waals surface area contributed by atoms with Crippen LogP contribution in [0.3, 0.4) is 0 Å². The first kappa shape index (κ1) is 10.9. The standard InChI is InChI=1S/C9H20FN/c1-2-3-4-5-6-9(10)7-8-11/h9H,2-8,11H2,1H3. The van der Waals surface area contributed by atoms with Gasteiger partial charge in [-0.3, -0.25) is 0 Å². The molecule has 0 heterocycles. The van der Waals surface area contributed by atoms with Crippen LogP contribution in [0.4, 0.5) is 4.39 Å². The van der Waals surface area contributed by atoms with Crippen molar-refractivity contribution in [3.63, 3.8) is 0 Å². The molecule has 0 aromatic rings. The van der Waals surface area contributed by atoms with Gasteiger partial charge in [-0.1, -0.05) is 32.6 Å². The highest BCUT2D eigenvalue weighted by atomic mass is 19.1. The van der Waals surface area contributed by atoms with E-state index in [1.807, 2.05) is 0 Å². The Balaban J connectivity index is 2.97. The van der Waals surface area contributed by atoms with Crippen LogP contribution >= 0.6 is 0 Å².